The molecule has 0 spiro atoms. The molecule has 6 nitrogen and oxygen atoms in total. The Morgan fingerprint density at radius 1 is 1.10 bits per heavy atom. The Kier molecular flexibility index (Phi) is 7.10. The zero-order valence-electron chi connectivity index (χ0n) is 16.9. The van der Waals surface area contributed by atoms with Crippen molar-refractivity contribution < 1.29 is 9.47 Å². The second-order valence-electron chi connectivity index (χ2n) is 7.34. The Morgan fingerprint density at radius 3 is 2.71 bits per heavy atom. The summed E-state index contributed by atoms with van der Waals surface area (Å²) in [6.45, 7) is 5.14. The van der Waals surface area contributed by atoms with Gasteiger partial charge in [0.2, 0.25) is 0 Å². The lowest BCUT2D eigenvalue weighted by atomic mass is 10.1. The van der Waals surface area contributed by atoms with Crippen LogP contribution in [0.25, 0.3) is 0 Å². The average Bonchev–Trinajstić information content (AvgIpc) is 3.22. The van der Waals surface area contributed by atoms with Gasteiger partial charge >= 0.3 is 0 Å². The molecule has 0 N–H and O–H groups in total. The van der Waals surface area contributed by atoms with Crippen molar-refractivity contribution in [1.82, 2.24) is 14.5 Å². The van der Waals surface area contributed by atoms with Crippen LogP contribution < -0.4 is 4.74 Å². The summed E-state index contributed by atoms with van der Waals surface area (Å²) in [5.74, 6) is 0.910. The van der Waals surface area contributed by atoms with Crippen molar-refractivity contribution in [1.29, 1.82) is 5.26 Å². The maximum Gasteiger partial charge on any atom is 0.146 e. The molecule has 1 aliphatic rings. The minimum absolute atomic E-state index is 0.391. The first-order chi connectivity index (χ1) is 15.1. The van der Waals surface area contributed by atoms with Crippen molar-refractivity contribution in [3.05, 3.63) is 75.8 Å². The Hall–Kier alpha value is -2.56. The molecule has 0 atom stereocenters. The summed E-state index contributed by atoms with van der Waals surface area (Å²) in [4.78, 5) is 6.74. The van der Waals surface area contributed by atoms with E-state index >= 15 is 0 Å². The van der Waals surface area contributed by atoms with E-state index in [1.165, 1.54) is 5.69 Å². The smallest absolute Gasteiger partial charge is 0.146 e. The summed E-state index contributed by atoms with van der Waals surface area (Å²) in [6.07, 6.45) is 4.67. The predicted molar refractivity (Wildman–Crippen MR) is 120 cm³/mol. The predicted octanol–water partition coefficient (Wildman–Crippen LogP) is 4.78. The standard InChI is InChI=1S/C23H22Cl2N4O2/c24-19-3-4-22(21(25)12-19)31-23-11-17(1-2-18(23)13-26)15-29-16-27-14-20(29)5-6-28-7-9-30-10-8-28/h1-4,11-12,14,16H,5-10,15H2. The molecule has 0 radical (unpaired) electrons. The van der Waals surface area contributed by atoms with Gasteiger partial charge in [-0.2, -0.15) is 5.26 Å². The van der Waals surface area contributed by atoms with E-state index in [0.717, 1.165) is 44.8 Å². The third-order valence-electron chi connectivity index (χ3n) is 5.22. The van der Waals surface area contributed by atoms with Gasteiger partial charge in [-0.1, -0.05) is 29.3 Å². The number of rotatable bonds is 7. The number of aromatic nitrogens is 2. The molecule has 1 aliphatic heterocycles. The topological polar surface area (TPSA) is 63.3 Å². The van der Waals surface area contributed by atoms with Crippen LogP contribution in [0.5, 0.6) is 11.5 Å². The number of hydrogen-bond donors (Lipinski definition) is 0. The molecule has 3 aromatic rings. The van der Waals surface area contributed by atoms with Crippen LogP contribution in [-0.2, 0) is 17.7 Å². The highest BCUT2D eigenvalue weighted by atomic mass is 35.5. The molecule has 8 heteroatoms. The van der Waals surface area contributed by atoms with E-state index in [-0.39, 0.29) is 0 Å². The van der Waals surface area contributed by atoms with Gasteiger partial charge < -0.3 is 14.0 Å². The van der Waals surface area contributed by atoms with Crippen molar-refractivity contribution in [3.8, 4) is 17.6 Å². The number of nitrogens with zero attached hydrogens (tertiary/aromatic N) is 4. The van der Waals surface area contributed by atoms with Gasteiger partial charge in [0.1, 0.15) is 17.6 Å². The maximum atomic E-state index is 9.48. The van der Waals surface area contributed by atoms with Gasteiger partial charge in [0.05, 0.1) is 30.1 Å². The largest absolute Gasteiger partial charge is 0.454 e. The fraction of sp³-hybridized carbons (Fsp3) is 0.304. The molecule has 1 saturated heterocycles. The minimum Gasteiger partial charge on any atom is -0.454 e. The molecule has 31 heavy (non-hydrogen) atoms. The third-order valence-corrected chi connectivity index (χ3v) is 5.75. The van der Waals surface area contributed by atoms with Gasteiger partial charge in [0, 0.05) is 49.5 Å². The number of halogens is 2. The van der Waals surface area contributed by atoms with Crippen LogP contribution in [0.2, 0.25) is 10.0 Å². The monoisotopic (exact) mass is 456 g/mol. The Bertz CT molecular complexity index is 1090. The van der Waals surface area contributed by atoms with E-state index in [2.05, 4.69) is 20.5 Å². The number of nitriles is 1. The number of benzene rings is 2. The molecular formula is C23H22Cl2N4O2. The lowest BCUT2D eigenvalue weighted by Gasteiger charge is -2.26. The highest BCUT2D eigenvalue weighted by Gasteiger charge is 2.13. The normalized spacial score (nSPS) is 14.4. The van der Waals surface area contributed by atoms with E-state index in [1.54, 1.807) is 24.3 Å². The number of imidazole rings is 1. The van der Waals surface area contributed by atoms with Crippen LogP contribution >= 0.6 is 23.2 Å². The van der Waals surface area contributed by atoms with Crippen LogP contribution in [0.3, 0.4) is 0 Å². The summed E-state index contributed by atoms with van der Waals surface area (Å²) in [5, 5.41) is 10.4. The van der Waals surface area contributed by atoms with Crippen molar-refractivity contribution in [3.63, 3.8) is 0 Å². The van der Waals surface area contributed by atoms with Crippen LogP contribution in [0, 0.1) is 11.3 Å². The highest BCUT2D eigenvalue weighted by molar-refractivity contribution is 6.35. The minimum atomic E-state index is 0.391. The van der Waals surface area contributed by atoms with Gasteiger partial charge in [0.15, 0.2) is 0 Å². The fourth-order valence-corrected chi connectivity index (χ4v) is 3.96. The maximum absolute atomic E-state index is 9.48. The molecule has 0 aliphatic carbocycles. The Morgan fingerprint density at radius 2 is 1.94 bits per heavy atom. The molecule has 2 aromatic carbocycles. The highest BCUT2D eigenvalue weighted by Crippen LogP contribution is 2.33. The van der Waals surface area contributed by atoms with E-state index in [4.69, 9.17) is 32.7 Å². The Labute approximate surface area is 191 Å². The molecular weight excluding hydrogens is 435 g/mol. The summed E-state index contributed by atoms with van der Waals surface area (Å²) >= 11 is 12.2. The van der Waals surface area contributed by atoms with Crippen molar-refractivity contribution in [2.24, 2.45) is 0 Å². The lowest BCUT2D eigenvalue weighted by molar-refractivity contribution is 0.0382. The number of ether oxygens (including phenoxy) is 2. The number of morpholine rings is 1. The van der Waals surface area contributed by atoms with Gasteiger partial charge in [-0.25, -0.2) is 4.98 Å². The summed E-state index contributed by atoms with van der Waals surface area (Å²) in [5.41, 5.74) is 2.61. The van der Waals surface area contributed by atoms with Gasteiger partial charge in [0.25, 0.3) is 0 Å². The van der Waals surface area contributed by atoms with E-state index in [0.29, 0.717) is 33.7 Å². The van der Waals surface area contributed by atoms with Crippen molar-refractivity contribution in [2.45, 2.75) is 13.0 Å². The van der Waals surface area contributed by atoms with Crippen molar-refractivity contribution in [2.75, 3.05) is 32.8 Å². The lowest BCUT2D eigenvalue weighted by Crippen LogP contribution is -2.37. The van der Waals surface area contributed by atoms with Crippen LogP contribution in [-0.4, -0.2) is 47.3 Å². The van der Waals surface area contributed by atoms with Crippen molar-refractivity contribution >= 4 is 23.2 Å². The molecule has 1 aromatic heterocycles. The Balaban J connectivity index is 1.49. The summed E-state index contributed by atoms with van der Waals surface area (Å²) in [7, 11) is 0. The van der Waals surface area contributed by atoms with E-state index in [9.17, 15) is 5.26 Å². The first-order valence-corrected chi connectivity index (χ1v) is 10.8. The SMILES string of the molecule is N#Cc1ccc(Cn2cncc2CCN2CCOCC2)cc1Oc1ccc(Cl)cc1Cl. The average molecular weight is 457 g/mol. The molecule has 0 saturated carbocycles. The summed E-state index contributed by atoms with van der Waals surface area (Å²) < 4.78 is 13.5. The molecule has 0 amide bonds. The van der Waals surface area contributed by atoms with Crippen LogP contribution in [0.4, 0.5) is 0 Å². The molecule has 4 rings (SSSR count). The van der Waals surface area contributed by atoms with Gasteiger partial charge in [-0.15, -0.1) is 0 Å². The molecule has 0 bridgehead atoms. The fourth-order valence-electron chi connectivity index (χ4n) is 3.51. The third kappa shape index (κ3) is 5.57. The van der Waals surface area contributed by atoms with Crippen LogP contribution in [0.15, 0.2) is 48.9 Å². The molecule has 2 heterocycles. The first-order valence-electron chi connectivity index (χ1n) is 10.1. The number of hydrogen-bond acceptors (Lipinski definition) is 5. The van der Waals surface area contributed by atoms with E-state index < -0.39 is 0 Å². The summed E-state index contributed by atoms with van der Waals surface area (Å²) in [6, 6.07) is 12.7. The second kappa shape index (κ2) is 10.2. The molecule has 0 unspecified atom stereocenters. The zero-order valence-corrected chi connectivity index (χ0v) is 18.4. The quantitative estimate of drug-likeness (QED) is 0.511. The van der Waals surface area contributed by atoms with Crippen LogP contribution in [0.1, 0.15) is 16.8 Å². The molecule has 160 valence electrons. The van der Waals surface area contributed by atoms with E-state index in [1.807, 2.05) is 24.7 Å². The second-order valence-corrected chi connectivity index (χ2v) is 8.18. The van der Waals surface area contributed by atoms with Gasteiger partial charge in [-0.3, -0.25) is 4.90 Å². The zero-order chi connectivity index (χ0) is 21.6. The first kappa shape index (κ1) is 21.7. The van der Waals surface area contributed by atoms with Gasteiger partial charge in [-0.05, 0) is 35.9 Å². The molecule has 1 fully saturated rings.